The van der Waals surface area contributed by atoms with Crippen molar-refractivity contribution in [2.45, 2.75) is 45.2 Å². The van der Waals surface area contributed by atoms with Crippen molar-refractivity contribution in [2.24, 2.45) is 0 Å². The average Bonchev–Trinajstić information content (AvgIpc) is 3.26. The van der Waals surface area contributed by atoms with Crippen LogP contribution < -0.4 is 16.4 Å². The van der Waals surface area contributed by atoms with Crippen LogP contribution >= 0.6 is 0 Å². The van der Waals surface area contributed by atoms with E-state index in [4.69, 9.17) is 5.73 Å². The molecule has 1 unspecified atom stereocenters. The molecule has 1 aromatic carbocycles. The summed E-state index contributed by atoms with van der Waals surface area (Å²) in [5.74, 6) is 0.141. The topological polar surface area (TPSA) is 117 Å². The molecule has 3 rings (SSSR count). The van der Waals surface area contributed by atoms with Gasteiger partial charge in [-0.25, -0.2) is 4.98 Å². The second-order valence-electron chi connectivity index (χ2n) is 7.75. The van der Waals surface area contributed by atoms with E-state index >= 15 is 0 Å². The predicted molar refractivity (Wildman–Crippen MR) is 118 cm³/mol. The summed E-state index contributed by atoms with van der Waals surface area (Å²) in [4.78, 5) is 42.4. The van der Waals surface area contributed by atoms with Gasteiger partial charge in [0.05, 0.1) is 0 Å². The molecule has 8 heteroatoms. The van der Waals surface area contributed by atoms with Gasteiger partial charge in [0.1, 0.15) is 11.9 Å². The number of hydrogen-bond donors (Lipinski definition) is 3. The number of nitrogens with two attached hydrogens (primary N) is 1. The average molecular weight is 424 g/mol. The standard InChI is InChI=1S/C23H29N5O3/c1-16(29)26-14-18-6-9-19(10-7-18)23(31)28-13-3-5-20(28)22(30)25-12-2-4-17-8-11-21(24)27-15-17/h6-11,15,20H,2-5,12-14H2,1H3,(H2,24,27)(H,25,30)(H,26,29). The Bertz CT molecular complexity index is 912. The highest BCUT2D eigenvalue weighted by atomic mass is 16.2. The summed E-state index contributed by atoms with van der Waals surface area (Å²) in [5, 5.41) is 5.69. The molecule has 0 saturated carbocycles. The first kappa shape index (κ1) is 22.3. The number of anilines is 1. The number of nitrogens with zero attached hydrogens (tertiary/aromatic N) is 2. The normalized spacial score (nSPS) is 15.5. The number of benzene rings is 1. The Balaban J connectivity index is 1.49. The third-order valence-electron chi connectivity index (χ3n) is 5.35. The van der Waals surface area contributed by atoms with Crippen molar-refractivity contribution in [1.29, 1.82) is 0 Å². The van der Waals surface area contributed by atoms with Crippen molar-refractivity contribution >= 4 is 23.5 Å². The zero-order valence-corrected chi connectivity index (χ0v) is 17.8. The fraction of sp³-hybridized carbons (Fsp3) is 0.391. The van der Waals surface area contributed by atoms with E-state index in [-0.39, 0.29) is 17.7 Å². The summed E-state index contributed by atoms with van der Waals surface area (Å²) in [6.45, 7) is 3.00. The Kier molecular flexibility index (Phi) is 7.59. The first-order chi connectivity index (χ1) is 14.9. The van der Waals surface area contributed by atoms with Crippen LogP contribution in [0.2, 0.25) is 0 Å². The van der Waals surface area contributed by atoms with Gasteiger partial charge in [0.2, 0.25) is 11.8 Å². The molecule has 0 bridgehead atoms. The van der Waals surface area contributed by atoms with Crippen molar-refractivity contribution < 1.29 is 14.4 Å². The lowest BCUT2D eigenvalue weighted by atomic mass is 10.1. The zero-order valence-electron chi connectivity index (χ0n) is 17.8. The highest BCUT2D eigenvalue weighted by molar-refractivity contribution is 5.98. The van der Waals surface area contributed by atoms with Crippen molar-refractivity contribution in [3.05, 3.63) is 59.3 Å². The number of pyridine rings is 1. The van der Waals surface area contributed by atoms with Crippen LogP contribution in [0.4, 0.5) is 5.82 Å². The SMILES string of the molecule is CC(=O)NCc1ccc(C(=O)N2CCCC2C(=O)NCCCc2ccc(N)nc2)cc1. The fourth-order valence-corrected chi connectivity index (χ4v) is 3.65. The van der Waals surface area contributed by atoms with Crippen molar-refractivity contribution in [2.75, 3.05) is 18.8 Å². The van der Waals surface area contributed by atoms with Gasteiger partial charge in [-0.3, -0.25) is 14.4 Å². The molecular formula is C23H29N5O3. The van der Waals surface area contributed by atoms with E-state index in [9.17, 15) is 14.4 Å². The zero-order chi connectivity index (χ0) is 22.2. The minimum atomic E-state index is -0.440. The molecule has 3 amide bonds. The Morgan fingerprint density at radius 2 is 1.84 bits per heavy atom. The highest BCUT2D eigenvalue weighted by Crippen LogP contribution is 2.21. The lowest BCUT2D eigenvalue weighted by Crippen LogP contribution is -2.46. The number of nitrogen functional groups attached to an aromatic ring is 1. The van der Waals surface area contributed by atoms with Gasteiger partial charge in [-0.2, -0.15) is 0 Å². The second-order valence-corrected chi connectivity index (χ2v) is 7.75. The molecule has 8 nitrogen and oxygen atoms in total. The maximum absolute atomic E-state index is 12.9. The largest absolute Gasteiger partial charge is 0.384 e. The molecule has 2 heterocycles. The van der Waals surface area contributed by atoms with Gasteiger partial charge in [-0.05, 0) is 55.0 Å². The van der Waals surface area contributed by atoms with Gasteiger partial charge in [0, 0.05) is 38.3 Å². The number of rotatable bonds is 8. The summed E-state index contributed by atoms with van der Waals surface area (Å²) >= 11 is 0. The monoisotopic (exact) mass is 423 g/mol. The number of aromatic nitrogens is 1. The van der Waals surface area contributed by atoms with E-state index in [0.29, 0.717) is 37.4 Å². The molecule has 0 spiro atoms. The lowest BCUT2D eigenvalue weighted by molar-refractivity contribution is -0.124. The van der Waals surface area contributed by atoms with Crippen LogP contribution in [0.1, 0.15) is 47.7 Å². The van der Waals surface area contributed by atoms with Crippen LogP contribution in [0.3, 0.4) is 0 Å². The molecular weight excluding hydrogens is 394 g/mol. The summed E-state index contributed by atoms with van der Waals surface area (Å²) in [6, 6.07) is 10.4. The molecule has 1 fully saturated rings. The molecule has 4 N–H and O–H groups in total. The molecule has 2 aromatic rings. The predicted octanol–water partition coefficient (Wildman–Crippen LogP) is 1.65. The number of likely N-dealkylation sites (tertiary alicyclic amines) is 1. The third-order valence-corrected chi connectivity index (χ3v) is 5.35. The maximum atomic E-state index is 12.9. The van der Waals surface area contributed by atoms with E-state index in [1.807, 2.05) is 18.2 Å². The van der Waals surface area contributed by atoms with Crippen LogP contribution in [0, 0.1) is 0 Å². The van der Waals surface area contributed by atoms with E-state index in [1.54, 1.807) is 29.3 Å². The number of carbonyl (C=O) groups is 3. The Morgan fingerprint density at radius 3 is 2.52 bits per heavy atom. The maximum Gasteiger partial charge on any atom is 0.254 e. The lowest BCUT2D eigenvalue weighted by Gasteiger charge is -2.24. The van der Waals surface area contributed by atoms with Gasteiger partial charge in [-0.15, -0.1) is 0 Å². The molecule has 1 aliphatic heterocycles. The second kappa shape index (κ2) is 10.6. The minimum absolute atomic E-state index is 0.101. The van der Waals surface area contributed by atoms with E-state index in [2.05, 4.69) is 15.6 Å². The molecule has 0 aliphatic carbocycles. The smallest absolute Gasteiger partial charge is 0.254 e. The van der Waals surface area contributed by atoms with Gasteiger partial charge in [-0.1, -0.05) is 18.2 Å². The summed E-state index contributed by atoms with van der Waals surface area (Å²) in [6.07, 6.45) is 4.80. The quantitative estimate of drug-likeness (QED) is 0.558. The van der Waals surface area contributed by atoms with Crippen LogP contribution in [0.15, 0.2) is 42.6 Å². The van der Waals surface area contributed by atoms with Gasteiger partial charge < -0.3 is 21.3 Å². The summed E-state index contributed by atoms with van der Waals surface area (Å²) in [5.41, 5.74) is 8.12. The first-order valence-corrected chi connectivity index (χ1v) is 10.6. The number of aryl methyl sites for hydroxylation is 1. The number of amides is 3. The van der Waals surface area contributed by atoms with Crippen LogP contribution in [-0.2, 0) is 22.6 Å². The van der Waals surface area contributed by atoms with Crippen LogP contribution in [-0.4, -0.2) is 46.7 Å². The van der Waals surface area contributed by atoms with Crippen molar-refractivity contribution in [3.8, 4) is 0 Å². The fourth-order valence-electron chi connectivity index (χ4n) is 3.65. The van der Waals surface area contributed by atoms with Crippen molar-refractivity contribution in [1.82, 2.24) is 20.5 Å². The van der Waals surface area contributed by atoms with E-state index in [0.717, 1.165) is 30.4 Å². The van der Waals surface area contributed by atoms with Crippen molar-refractivity contribution in [3.63, 3.8) is 0 Å². The molecule has 0 radical (unpaired) electrons. The van der Waals surface area contributed by atoms with Crippen LogP contribution in [0.25, 0.3) is 0 Å². The molecule has 1 aromatic heterocycles. The Labute approximate surface area is 182 Å². The highest BCUT2D eigenvalue weighted by Gasteiger charge is 2.34. The Hall–Kier alpha value is -3.42. The third kappa shape index (κ3) is 6.28. The first-order valence-electron chi connectivity index (χ1n) is 10.6. The van der Waals surface area contributed by atoms with Gasteiger partial charge in [0.25, 0.3) is 5.91 Å². The molecule has 1 aliphatic rings. The van der Waals surface area contributed by atoms with E-state index < -0.39 is 6.04 Å². The number of nitrogens with one attached hydrogen (secondary N) is 2. The molecule has 1 saturated heterocycles. The molecule has 31 heavy (non-hydrogen) atoms. The summed E-state index contributed by atoms with van der Waals surface area (Å²) < 4.78 is 0. The summed E-state index contributed by atoms with van der Waals surface area (Å²) in [7, 11) is 0. The van der Waals surface area contributed by atoms with E-state index in [1.165, 1.54) is 6.92 Å². The number of carbonyl (C=O) groups excluding carboxylic acids is 3. The molecule has 164 valence electrons. The van der Waals surface area contributed by atoms with Crippen LogP contribution in [0.5, 0.6) is 0 Å². The van der Waals surface area contributed by atoms with Gasteiger partial charge >= 0.3 is 0 Å². The number of hydrogen-bond acceptors (Lipinski definition) is 5. The van der Waals surface area contributed by atoms with Gasteiger partial charge in [0.15, 0.2) is 0 Å². The Morgan fingerprint density at radius 1 is 1.10 bits per heavy atom. The minimum Gasteiger partial charge on any atom is -0.384 e. The molecule has 1 atom stereocenters.